The molecule has 0 saturated heterocycles. The zero-order valence-corrected chi connectivity index (χ0v) is 14.8. The molecule has 2 amide bonds. The van der Waals surface area contributed by atoms with Crippen LogP contribution in [-0.4, -0.2) is 29.9 Å². The molecule has 2 aromatic rings. The van der Waals surface area contributed by atoms with Gasteiger partial charge in [-0.15, -0.1) is 0 Å². The Labute approximate surface area is 155 Å². The van der Waals surface area contributed by atoms with Gasteiger partial charge in [0.1, 0.15) is 0 Å². The van der Waals surface area contributed by atoms with Crippen LogP contribution < -0.4 is 10.6 Å². The van der Waals surface area contributed by atoms with Crippen molar-refractivity contribution in [1.29, 1.82) is 0 Å². The van der Waals surface area contributed by atoms with E-state index in [2.05, 4.69) is 15.6 Å². The first-order valence-electron chi connectivity index (χ1n) is 7.97. The molecule has 0 spiro atoms. The molecule has 0 bridgehead atoms. The molecule has 1 fully saturated rings. The van der Waals surface area contributed by atoms with Crippen LogP contribution in [-0.2, 0) is 4.79 Å². The maximum Gasteiger partial charge on any atom is 0.252 e. The molecule has 0 aliphatic heterocycles. The molecule has 25 heavy (non-hydrogen) atoms. The fourth-order valence-corrected chi connectivity index (χ4v) is 2.99. The summed E-state index contributed by atoms with van der Waals surface area (Å²) < 4.78 is 0. The number of hydrogen-bond donors (Lipinski definition) is 2. The van der Waals surface area contributed by atoms with Crippen molar-refractivity contribution < 1.29 is 9.59 Å². The van der Waals surface area contributed by atoms with Gasteiger partial charge >= 0.3 is 0 Å². The van der Waals surface area contributed by atoms with E-state index in [9.17, 15) is 9.59 Å². The minimum absolute atomic E-state index is 0.00769. The molecule has 2 atom stereocenters. The predicted molar refractivity (Wildman–Crippen MR) is 96.9 cm³/mol. The molecule has 5 nitrogen and oxygen atoms in total. The summed E-state index contributed by atoms with van der Waals surface area (Å²) in [5.41, 5.74) is 1.52. The summed E-state index contributed by atoms with van der Waals surface area (Å²) in [4.78, 5) is 27.9. The van der Waals surface area contributed by atoms with E-state index >= 15 is 0 Å². The van der Waals surface area contributed by atoms with E-state index in [1.807, 2.05) is 12.1 Å². The number of carbonyl (C=O) groups is 2. The number of nitrogens with zero attached hydrogens (tertiary/aromatic N) is 1. The predicted octanol–water partition coefficient (Wildman–Crippen LogP) is 3.04. The van der Waals surface area contributed by atoms with Gasteiger partial charge in [-0.1, -0.05) is 29.3 Å². The highest BCUT2D eigenvalue weighted by Gasteiger charge is 2.43. The third-order valence-electron chi connectivity index (χ3n) is 4.13. The fraction of sp³-hybridized carbons (Fsp3) is 0.278. The second-order valence-electron chi connectivity index (χ2n) is 5.91. The van der Waals surface area contributed by atoms with Gasteiger partial charge in [-0.25, -0.2) is 0 Å². The molecule has 1 aliphatic carbocycles. The first kappa shape index (κ1) is 17.7. The van der Waals surface area contributed by atoms with Crippen LogP contribution in [0.5, 0.6) is 0 Å². The van der Waals surface area contributed by atoms with Crippen molar-refractivity contribution in [3.63, 3.8) is 0 Å². The van der Waals surface area contributed by atoms with Gasteiger partial charge in [-0.3, -0.25) is 14.6 Å². The number of aromatic nitrogens is 1. The minimum Gasteiger partial charge on any atom is -0.354 e. The molecule has 7 heteroatoms. The summed E-state index contributed by atoms with van der Waals surface area (Å²) >= 11 is 11.9. The van der Waals surface area contributed by atoms with Gasteiger partial charge < -0.3 is 10.6 Å². The van der Waals surface area contributed by atoms with Gasteiger partial charge in [-0.2, -0.15) is 0 Å². The lowest BCUT2D eigenvalue weighted by Crippen LogP contribution is -2.35. The zero-order chi connectivity index (χ0) is 17.8. The summed E-state index contributed by atoms with van der Waals surface area (Å²) in [6.45, 7) is 0.749. The summed E-state index contributed by atoms with van der Waals surface area (Å²) in [5, 5.41) is 6.61. The van der Waals surface area contributed by atoms with Gasteiger partial charge in [0.15, 0.2) is 0 Å². The van der Waals surface area contributed by atoms with Gasteiger partial charge in [-0.05, 0) is 42.2 Å². The topological polar surface area (TPSA) is 71.1 Å². The number of benzene rings is 1. The standard InChI is InChI=1S/C18H17Cl2N3O2/c19-15-4-3-11(8-16(15)20)13-9-14(13)18(25)23-7-6-22-17(24)12-2-1-5-21-10-12/h1-5,8,10,13-14H,6-7,9H2,(H,22,24)(H,23,25). The molecule has 2 unspecified atom stereocenters. The Morgan fingerprint density at radius 1 is 1.12 bits per heavy atom. The number of nitrogens with one attached hydrogen (secondary N) is 2. The Morgan fingerprint density at radius 2 is 1.92 bits per heavy atom. The second-order valence-corrected chi connectivity index (χ2v) is 6.73. The smallest absolute Gasteiger partial charge is 0.252 e. The van der Waals surface area contributed by atoms with Crippen molar-refractivity contribution in [2.75, 3.05) is 13.1 Å². The molecule has 2 N–H and O–H groups in total. The number of pyridine rings is 1. The van der Waals surface area contributed by atoms with Crippen LogP contribution in [0.15, 0.2) is 42.7 Å². The van der Waals surface area contributed by atoms with E-state index in [1.54, 1.807) is 24.4 Å². The van der Waals surface area contributed by atoms with E-state index in [0.29, 0.717) is 28.7 Å². The van der Waals surface area contributed by atoms with Gasteiger partial charge in [0.25, 0.3) is 5.91 Å². The van der Waals surface area contributed by atoms with Crippen LogP contribution >= 0.6 is 23.2 Å². The molecule has 1 saturated carbocycles. The molecule has 3 rings (SSSR count). The second kappa shape index (κ2) is 7.85. The van der Waals surface area contributed by atoms with Crippen molar-refractivity contribution in [2.45, 2.75) is 12.3 Å². The molecule has 0 radical (unpaired) electrons. The molecular weight excluding hydrogens is 361 g/mol. The summed E-state index contributed by atoms with van der Waals surface area (Å²) in [7, 11) is 0. The van der Waals surface area contributed by atoms with Crippen LogP contribution in [0.4, 0.5) is 0 Å². The first-order valence-corrected chi connectivity index (χ1v) is 8.72. The van der Waals surface area contributed by atoms with Crippen LogP contribution in [0, 0.1) is 5.92 Å². The Balaban J connectivity index is 1.40. The highest BCUT2D eigenvalue weighted by Crippen LogP contribution is 2.48. The van der Waals surface area contributed by atoms with Crippen molar-refractivity contribution in [1.82, 2.24) is 15.6 Å². The van der Waals surface area contributed by atoms with Gasteiger partial charge in [0.05, 0.1) is 15.6 Å². The number of carbonyl (C=O) groups excluding carboxylic acids is 2. The Morgan fingerprint density at radius 3 is 2.64 bits per heavy atom. The van der Waals surface area contributed by atoms with Crippen molar-refractivity contribution in [3.05, 3.63) is 63.9 Å². The lowest BCUT2D eigenvalue weighted by atomic mass is 10.1. The average Bonchev–Trinajstić information content (AvgIpc) is 3.42. The van der Waals surface area contributed by atoms with Crippen molar-refractivity contribution in [3.8, 4) is 0 Å². The molecule has 1 aromatic heterocycles. The highest BCUT2D eigenvalue weighted by atomic mass is 35.5. The summed E-state index contributed by atoms with van der Waals surface area (Å²) in [5.74, 6) is -0.0832. The lowest BCUT2D eigenvalue weighted by molar-refractivity contribution is -0.122. The largest absolute Gasteiger partial charge is 0.354 e. The van der Waals surface area contributed by atoms with Crippen LogP contribution in [0.3, 0.4) is 0 Å². The van der Waals surface area contributed by atoms with Crippen molar-refractivity contribution >= 4 is 35.0 Å². The molecule has 130 valence electrons. The quantitative estimate of drug-likeness (QED) is 0.759. The van der Waals surface area contributed by atoms with Gasteiger partial charge in [0, 0.05) is 31.4 Å². The van der Waals surface area contributed by atoms with Gasteiger partial charge in [0.2, 0.25) is 5.91 Å². The van der Waals surface area contributed by atoms with Crippen LogP contribution in [0.25, 0.3) is 0 Å². The zero-order valence-electron chi connectivity index (χ0n) is 13.3. The van der Waals surface area contributed by atoms with E-state index in [4.69, 9.17) is 23.2 Å². The molecule has 1 heterocycles. The lowest BCUT2D eigenvalue weighted by Gasteiger charge is -2.07. The molecule has 1 aromatic carbocycles. The maximum absolute atomic E-state index is 12.2. The number of rotatable bonds is 6. The third kappa shape index (κ3) is 4.50. The van der Waals surface area contributed by atoms with Crippen molar-refractivity contribution in [2.24, 2.45) is 5.92 Å². The number of hydrogen-bond acceptors (Lipinski definition) is 3. The van der Waals surface area contributed by atoms with E-state index in [0.717, 1.165) is 12.0 Å². The number of amides is 2. The Kier molecular flexibility index (Phi) is 5.56. The highest BCUT2D eigenvalue weighted by molar-refractivity contribution is 6.42. The Bertz CT molecular complexity index is 783. The van der Waals surface area contributed by atoms with E-state index in [1.165, 1.54) is 6.20 Å². The third-order valence-corrected chi connectivity index (χ3v) is 4.87. The first-order chi connectivity index (χ1) is 12.1. The van der Waals surface area contributed by atoms with E-state index in [-0.39, 0.29) is 23.7 Å². The summed E-state index contributed by atoms with van der Waals surface area (Å²) in [6, 6.07) is 8.86. The summed E-state index contributed by atoms with van der Waals surface area (Å²) in [6.07, 6.45) is 3.91. The normalized spacial score (nSPS) is 18.5. The number of halogens is 2. The van der Waals surface area contributed by atoms with Crippen LogP contribution in [0.2, 0.25) is 10.0 Å². The molecule has 1 aliphatic rings. The Hall–Kier alpha value is -2.11. The molecular formula is C18H17Cl2N3O2. The minimum atomic E-state index is -0.206. The SMILES string of the molecule is O=C(NCCNC(=O)C1CC1c1ccc(Cl)c(Cl)c1)c1cccnc1. The van der Waals surface area contributed by atoms with E-state index < -0.39 is 0 Å². The maximum atomic E-state index is 12.2. The van der Waals surface area contributed by atoms with Crippen LogP contribution in [0.1, 0.15) is 28.3 Å². The monoisotopic (exact) mass is 377 g/mol. The average molecular weight is 378 g/mol. The fourth-order valence-electron chi connectivity index (χ4n) is 2.69.